The van der Waals surface area contributed by atoms with Crippen LogP contribution >= 0.6 is 0 Å². The quantitative estimate of drug-likeness (QED) is 0.671. The molecular weight excluding hydrogens is 360 g/mol. The van der Waals surface area contributed by atoms with E-state index in [2.05, 4.69) is 44.3 Å². The minimum atomic E-state index is 0.0218. The van der Waals surface area contributed by atoms with Crippen molar-refractivity contribution < 1.29 is 4.74 Å². The van der Waals surface area contributed by atoms with E-state index in [1.807, 2.05) is 26.2 Å². The Hall–Kier alpha value is -2.40. The first-order valence-corrected chi connectivity index (χ1v) is 11.1. The van der Waals surface area contributed by atoms with E-state index in [1.165, 1.54) is 43.5 Å². The molecule has 2 fully saturated rings. The Morgan fingerprint density at radius 3 is 2.66 bits per heavy atom. The number of piperidine rings is 1. The fourth-order valence-corrected chi connectivity index (χ4v) is 4.93. The van der Waals surface area contributed by atoms with Crippen LogP contribution in [0.2, 0.25) is 0 Å². The Morgan fingerprint density at radius 2 is 1.90 bits per heavy atom. The number of H-pyrrole nitrogens is 1. The summed E-state index contributed by atoms with van der Waals surface area (Å²) in [6.07, 6.45) is 11.3. The molecule has 1 aliphatic carbocycles. The average molecular weight is 391 g/mol. The van der Waals surface area contributed by atoms with E-state index >= 15 is 0 Å². The van der Waals surface area contributed by atoms with Gasteiger partial charge in [0, 0.05) is 55.5 Å². The van der Waals surface area contributed by atoms with Gasteiger partial charge in [0.1, 0.15) is 11.4 Å². The average Bonchev–Trinajstić information content (AvgIpc) is 3.33. The van der Waals surface area contributed by atoms with Crippen LogP contribution in [0.25, 0.3) is 22.2 Å². The summed E-state index contributed by atoms with van der Waals surface area (Å²) in [5.74, 6) is 1.08. The number of aromatic nitrogens is 3. The second-order valence-corrected chi connectivity index (χ2v) is 8.44. The molecule has 1 saturated heterocycles. The summed E-state index contributed by atoms with van der Waals surface area (Å²) in [6.45, 7) is 6.37. The number of fused-ring (bicyclic) bond motifs is 2. The van der Waals surface area contributed by atoms with Gasteiger partial charge in [0.05, 0.1) is 6.20 Å². The molecule has 29 heavy (non-hydrogen) atoms. The second kappa shape index (κ2) is 7.45. The summed E-state index contributed by atoms with van der Waals surface area (Å²) in [4.78, 5) is 7.17. The number of pyridine rings is 1. The molecule has 0 bridgehead atoms. The molecule has 5 nitrogen and oxygen atoms in total. The fraction of sp³-hybridized carbons (Fsp3) is 0.500. The lowest BCUT2D eigenvalue weighted by Crippen LogP contribution is -2.52. The highest BCUT2D eigenvalue weighted by Crippen LogP contribution is 2.43. The van der Waals surface area contributed by atoms with Gasteiger partial charge in [-0.2, -0.15) is 5.10 Å². The highest BCUT2D eigenvalue weighted by molar-refractivity contribution is 5.80. The molecule has 4 heterocycles. The minimum absolute atomic E-state index is 0.0218. The maximum atomic E-state index is 6.51. The summed E-state index contributed by atoms with van der Waals surface area (Å²) >= 11 is 0. The molecule has 2 aliphatic heterocycles. The lowest BCUT2D eigenvalue weighted by molar-refractivity contribution is -0.00746. The SMILES string of the molecule is CC.c1cc2c(cc1-c1cnc3[nH]ncc3c1)CC1(CCN(C3CCC3)CC1)O2. The predicted octanol–water partition coefficient (Wildman–Crippen LogP) is 4.97. The zero-order valence-electron chi connectivity index (χ0n) is 17.4. The number of hydrogen-bond acceptors (Lipinski definition) is 4. The van der Waals surface area contributed by atoms with Crippen LogP contribution in [0, 0.1) is 0 Å². The van der Waals surface area contributed by atoms with Gasteiger partial charge in [-0.15, -0.1) is 0 Å². The van der Waals surface area contributed by atoms with Gasteiger partial charge in [-0.3, -0.25) is 5.10 Å². The molecule has 152 valence electrons. The topological polar surface area (TPSA) is 54.0 Å². The number of benzene rings is 1. The smallest absolute Gasteiger partial charge is 0.155 e. The number of likely N-dealkylation sites (tertiary alicyclic amines) is 1. The Bertz CT molecular complexity index is 999. The van der Waals surface area contributed by atoms with Crippen molar-refractivity contribution in [2.75, 3.05) is 13.1 Å². The molecule has 6 rings (SSSR count). The van der Waals surface area contributed by atoms with E-state index in [1.54, 1.807) is 0 Å². The lowest BCUT2D eigenvalue weighted by Gasteiger charge is -2.45. The number of nitrogens with one attached hydrogen (secondary N) is 1. The zero-order chi connectivity index (χ0) is 19.8. The van der Waals surface area contributed by atoms with Crippen molar-refractivity contribution in [2.45, 2.75) is 64.0 Å². The van der Waals surface area contributed by atoms with E-state index < -0.39 is 0 Å². The molecule has 1 aromatic carbocycles. The Labute approximate surface area is 172 Å². The largest absolute Gasteiger partial charge is 0.487 e. The van der Waals surface area contributed by atoms with Crippen molar-refractivity contribution in [3.8, 4) is 16.9 Å². The first-order valence-electron chi connectivity index (χ1n) is 11.1. The van der Waals surface area contributed by atoms with Crippen molar-refractivity contribution in [1.29, 1.82) is 0 Å². The number of rotatable bonds is 2. The van der Waals surface area contributed by atoms with E-state index in [9.17, 15) is 0 Å². The monoisotopic (exact) mass is 390 g/mol. The first-order chi connectivity index (χ1) is 14.3. The number of nitrogens with zero attached hydrogens (tertiary/aromatic N) is 3. The maximum Gasteiger partial charge on any atom is 0.155 e. The van der Waals surface area contributed by atoms with Crippen molar-refractivity contribution in [1.82, 2.24) is 20.1 Å². The van der Waals surface area contributed by atoms with Crippen LogP contribution in [0.15, 0.2) is 36.7 Å². The minimum Gasteiger partial charge on any atom is -0.487 e. The molecule has 1 N–H and O–H groups in total. The number of aromatic amines is 1. The van der Waals surface area contributed by atoms with Crippen LogP contribution < -0.4 is 4.74 Å². The van der Waals surface area contributed by atoms with Crippen LogP contribution in [0.5, 0.6) is 5.75 Å². The van der Waals surface area contributed by atoms with Gasteiger partial charge in [0.25, 0.3) is 0 Å². The molecule has 2 aromatic heterocycles. The van der Waals surface area contributed by atoms with Gasteiger partial charge in [-0.25, -0.2) is 4.98 Å². The summed E-state index contributed by atoms with van der Waals surface area (Å²) in [5.41, 5.74) is 4.54. The molecule has 1 spiro atoms. The molecule has 0 amide bonds. The third-order valence-corrected chi connectivity index (χ3v) is 6.82. The van der Waals surface area contributed by atoms with Crippen LogP contribution in [0.3, 0.4) is 0 Å². The van der Waals surface area contributed by atoms with Crippen LogP contribution in [-0.2, 0) is 6.42 Å². The fourth-order valence-electron chi connectivity index (χ4n) is 4.93. The van der Waals surface area contributed by atoms with Gasteiger partial charge in [-0.1, -0.05) is 26.3 Å². The van der Waals surface area contributed by atoms with E-state index in [4.69, 9.17) is 4.74 Å². The molecule has 5 heteroatoms. The van der Waals surface area contributed by atoms with Crippen molar-refractivity contribution >= 4 is 11.0 Å². The summed E-state index contributed by atoms with van der Waals surface area (Å²) in [6, 6.07) is 9.60. The molecule has 0 atom stereocenters. The van der Waals surface area contributed by atoms with Gasteiger partial charge in [-0.05, 0) is 42.2 Å². The van der Waals surface area contributed by atoms with Gasteiger partial charge < -0.3 is 9.64 Å². The van der Waals surface area contributed by atoms with Gasteiger partial charge in [0.15, 0.2) is 5.65 Å². The van der Waals surface area contributed by atoms with Crippen LogP contribution in [-0.4, -0.2) is 44.8 Å². The zero-order valence-corrected chi connectivity index (χ0v) is 17.4. The highest BCUT2D eigenvalue weighted by Gasteiger charge is 2.43. The highest BCUT2D eigenvalue weighted by atomic mass is 16.5. The van der Waals surface area contributed by atoms with E-state index in [0.29, 0.717) is 0 Å². The van der Waals surface area contributed by atoms with E-state index in [0.717, 1.165) is 47.7 Å². The molecule has 3 aliphatic rings. The maximum absolute atomic E-state index is 6.51. The summed E-state index contributed by atoms with van der Waals surface area (Å²) in [7, 11) is 0. The van der Waals surface area contributed by atoms with Crippen LogP contribution in [0.4, 0.5) is 0 Å². The molecular formula is C24H30N4O. The first kappa shape index (κ1) is 18.6. The Morgan fingerprint density at radius 1 is 1.07 bits per heavy atom. The summed E-state index contributed by atoms with van der Waals surface area (Å²) < 4.78 is 6.51. The Balaban J connectivity index is 0.000000882. The number of hydrogen-bond donors (Lipinski definition) is 1. The lowest BCUT2D eigenvalue weighted by atomic mass is 9.83. The third kappa shape index (κ3) is 3.31. The van der Waals surface area contributed by atoms with Crippen molar-refractivity contribution in [3.63, 3.8) is 0 Å². The van der Waals surface area contributed by atoms with Crippen molar-refractivity contribution in [3.05, 3.63) is 42.2 Å². The third-order valence-electron chi connectivity index (χ3n) is 6.82. The Kier molecular flexibility index (Phi) is 4.78. The second-order valence-electron chi connectivity index (χ2n) is 8.44. The number of ether oxygens (including phenoxy) is 1. The molecule has 0 radical (unpaired) electrons. The van der Waals surface area contributed by atoms with E-state index in [-0.39, 0.29) is 5.60 Å². The predicted molar refractivity (Wildman–Crippen MR) is 116 cm³/mol. The summed E-state index contributed by atoms with van der Waals surface area (Å²) in [5, 5.41) is 8.03. The van der Waals surface area contributed by atoms with Gasteiger partial charge >= 0.3 is 0 Å². The standard InChI is InChI=1S/C22H24N4O.C2H6/c1-2-19(3-1)26-8-6-22(7-9-26)12-16-10-15(4-5-20(16)27-22)17-11-18-14-24-25-21(18)23-13-17;1-2/h4-5,10-11,13-14,19H,1-3,6-9,12H2,(H,23,24,25);1-2H3. The molecule has 1 saturated carbocycles. The van der Waals surface area contributed by atoms with Gasteiger partial charge in [0.2, 0.25) is 0 Å². The van der Waals surface area contributed by atoms with Crippen molar-refractivity contribution in [2.24, 2.45) is 0 Å². The normalized spacial score (nSPS) is 20.6. The van der Waals surface area contributed by atoms with Crippen LogP contribution in [0.1, 0.15) is 51.5 Å². The molecule has 3 aromatic rings. The molecule has 0 unspecified atom stereocenters.